The summed E-state index contributed by atoms with van der Waals surface area (Å²) in [5, 5.41) is 6.82. The second-order valence-corrected chi connectivity index (χ2v) is 7.65. The Hall–Kier alpha value is -1.61. The Morgan fingerprint density at radius 3 is 2.79 bits per heavy atom. The molecule has 1 aromatic rings. The van der Waals surface area contributed by atoms with E-state index in [4.69, 9.17) is 18.6 Å². The summed E-state index contributed by atoms with van der Waals surface area (Å²) < 4.78 is 22.6. The molecule has 8 heteroatoms. The van der Waals surface area contributed by atoms with E-state index >= 15 is 0 Å². The summed E-state index contributed by atoms with van der Waals surface area (Å²) in [6.45, 7) is 10.1. The van der Waals surface area contributed by atoms with Crippen molar-refractivity contribution in [2.75, 3.05) is 72.9 Å². The van der Waals surface area contributed by atoms with E-state index < -0.39 is 0 Å². The second-order valence-electron chi connectivity index (χ2n) is 7.65. The van der Waals surface area contributed by atoms with Crippen molar-refractivity contribution in [2.24, 2.45) is 10.9 Å². The predicted molar refractivity (Wildman–Crippen MR) is 112 cm³/mol. The number of morpholine rings is 1. The van der Waals surface area contributed by atoms with Gasteiger partial charge < -0.3 is 29.3 Å². The third-order valence-corrected chi connectivity index (χ3v) is 5.40. The van der Waals surface area contributed by atoms with Gasteiger partial charge in [0.1, 0.15) is 11.5 Å². The molecule has 8 nitrogen and oxygen atoms in total. The van der Waals surface area contributed by atoms with Crippen LogP contribution < -0.4 is 10.6 Å². The third-order valence-electron chi connectivity index (χ3n) is 5.40. The number of hydrogen-bond donors (Lipinski definition) is 2. The molecule has 0 spiro atoms. The topological polar surface area (TPSA) is 80.5 Å². The quantitative estimate of drug-likeness (QED) is 0.346. The van der Waals surface area contributed by atoms with Crippen LogP contribution in [0.2, 0.25) is 0 Å². The maximum atomic E-state index is 5.92. The number of ether oxygens (including phenoxy) is 3. The molecule has 0 aliphatic carbocycles. The van der Waals surface area contributed by atoms with Crippen LogP contribution in [0, 0.1) is 12.8 Å². The molecule has 1 aromatic heterocycles. The van der Waals surface area contributed by atoms with Crippen molar-refractivity contribution < 1.29 is 18.6 Å². The van der Waals surface area contributed by atoms with Crippen molar-refractivity contribution in [1.29, 1.82) is 0 Å². The number of nitrogens with one attached hydrogen (secondary N) is 2. The van der Waals surface area contributed by atoms with E-state index in [-0.39, 0.29) is 6.04 Å². The molecule has 0 bridgehead atoms. The van der Waals surface area contributed by atoms with E-state index in [1.807, 2.05) is 13.0 Å². The highest BCUT2D eigenvalue weighted by atomic mass is 16.5. The van der Waals surface area contributed by atoms with Crippen molar-refractivity contribution >= 4 is 5.96 Å². The van der Waals surface area contributed by atoms with E-state index in [0.29, 0.717) is 5.92 Å². The SMILES string of the molecule is CN=C(NCCCOCC1CCOC1)NCC(c1ccc(C)o1)N1CCOCC1. The fraction of sp³-hybridized carbons (Fsp3) is 0.762. The first-order valence-electron chi connectivity index (χ1n) is 10.7. The van der Waals surface area contributed by atoms with Crippen LogP contribution in [0.4, 0.5) is 0 Å². The lowest BCUT2D eigenvalue weighted by atomic mass is 10.1. The van der Waals surface area contributed by atoms with Crippen molar-refractivity contribution in [3.63, 3.8) is 0 Å². The molecule has 2 atom stereocenters. The molecule has 2 aliphatic rings. The zero-order valence-electron chi connectivity index (χ0n) is 17.8. The molecule has 2 aliphatic heterocycles. The van der Waals surface area contributed by atoms with E-state index in [1.165, 1.54) is 0 Å². The Morgan fingerprint density at radius 2 is 2.10 bits per heavy atom. The monoisotopic (exact) mass is 408 g/mol. The van der Waals surface area contributed by atoms with Gasteiger partial charge in [0.15, 0.2) is 5.96 Å². The van der Waals surface area contributed by atoms with Gasteiger partial charge in [0, 0.05) is 52.4 Å². The maximum Gasteiger partial charge on any atom is 0.191 e. The fourth-order valence-electron chi connectivity index (χ4n) is 3.69. The van der Waals surface area contributed by atoms with Crippen molar-refractivity contribution in [3.8, 4) is 0 Å². The highest BCUT2D eigenvalue weighted by Gasteiger charge is 2.25. The van der Waals surface area contributed by atoms with Gasteiger partial charge in [0.05, 0.1) is 32.5 Å². The summed E-state index contributed by atoms with van der Waals surface area (Å²) >= 11 is 0. The maximum absolute atomic E-state index is 5.92. The van der Waals surface area contributed by atoms with E-state index in [2.05, 4.69) is 26.6 Å². The highest BCUT2D eigenvalue weighted by molar-refractivity contribution is 5.79. The molecule has 0 saturated carbocycles. The molecule has 3 rings (SSSR count). The third kappa shape index (κ3) is 7.29. The average molecular weight is 409 g/mol. The highest BCUT2D eigenvalue weighted by Crippen LogP contribution is 2.23. The zero-order valence-corrected chi connectivity index (χ0v) is 17.8. The Bertz CT molecular complexity index is 610. The van der Waals surface area contributed by atoms with Crippen molar-refractivity contribution in [3.05, 3.63) is 23.7 Å². The Balaban J connectivity index is 1.38. The zero-order chi connectivity index (χ0) is 20.3. The summed E-state index contributed by atoms with van der Waals surface area (Å²) in [6.07, 6.45) is 2.06. The minimum Gasteiger partial charge on any atom is -0.465 e. The number of aliphatic imine (C=N–C) groups is 1. The van der Waals surface area contributed by atoms with Crippen molar-refractivity contribution in [1.82, 2.24) is 15.5 Å². The van der Waals surface area contributed by atoms with Gasteiger partial charge in [-0.25, -0.2) is 0 Å². The average Bonchev–Trinajstić information content (AvgIpc) is 3.42. The van der Waals surface area contributed by atoms with Crippen LogP contribution in [0.5, 0.6) is 0 Å². The number of aryl methyl sites for hydroxylation is 1. The molecular formula is C21H36N4O4. The first-order chi connectivity index (χ1) is 14.3. The van der Waals surface area contributed by atoms with Crippen LogP contribution in [0.1, 0.15) is 30.4 Å². The fourth-order valence-corrected chi connectivity index (χ4v) is 3.69. The normalized spacial score (nSPS) is 22.0. The molecule has 0 radical (unpaired) electrons. The molecule has 164 valence electrons. The van der Waals surface area contributed by atoms with Gasteiger partial charge in [0.25, 0.3) is 0 Å². The van der Waals surface area contributed by atoms with Gasteiger partial charge in [0.2, 0.25) is 0 Å². The molecule has 2 unspecified atom stereocenters. The summed E-state index contributed by atoms with van der Waals surface area (Å²) in [5.41, 5.74) is 0. The molecule has 2 saturated heterocycles. The van der Waals surface area contributed by atoms with E-state index in [1.54, 1.807) is 7.05 Å². The minimum atomic E-state index is 0.156. The summed E-state index contributed by atoms with van der Waals surface area (Å²) in [6, 6.07) is 4.25. The van der Waals surface area contributed by atoms with Crippen molar-refractivity contribution in [2.45, 2.75) is 25.8 Å². The van der Waals surface area contributed by atoms with Crippen LogP contribution in [-0.2, 0) is 14.2 Å². The molecule has 0 aromatic carbocycles. The Labute approximate surface area is 174 Å². The van der Waals surface area contributed by atoms with Crippen LogP contribution in [-0.4, -0.2) is 83.7 Å². The lowest BCUT2D eigenvalue weighted by Crippen LogP contribution is -2.46. The van der Waals surface area contributed by atoms with Crippen LogP contribution in [0.15, 0.2) is 21.5 Å². The number of nitrogens with zero attached hydrogens (tertiary/aromatic N) is 2. The van der Waals surface area contributed by atoms with Gasteiger partial charge in [-0.2, -0.15) is 0 Å². The van der Waals surface area contributed by atoms with Crippen LogP contribution in [0.25, 0.3) is 0 Å². The second kappa shape index (κ2) is 12.2. The summed E-state index contributed by atoms with van der Waals surface area (Å²) in [7, 11) is 1.80. The van der Waals surface area contributed by atoms with Gasteiger partial charge in [-0.1, -0.05) is 0 Å². The summed E-state index contributed by atoms with van der Waals surface area (Å²) in [4.78, 5) is 6.75. The molecular weight excluding hydrogens is 372 g/mol. The molecule has 3 heterocycles. The number of rotatable bonds is 10. The van der Waals surface area contributed by atoms with Gasteiger partial charge in [-0.05, 0) is 31.9 Å². The molecule has 29 heavy (non-hydrogen) atoms. The molecule has 2 fully saturated rings. The number of hydrogen-bond acceptors (Lipinski definition) is 6. The van der Waals surface area contributed by atoms with E-state index in [0.717, 1.165) is 96.1 Å². The first kappa shape index (κ1) is 22.1. The summed E-state index contributed by atoms with van der Waals surface area (Å²) in [5.74, 6) is 3.29. The van der Waals surface area contributed by atoms with Gasteiger partial charge in [-0.15, -0.1) is 0 Å². The largest absolute Gasteiger partial charge is 0.465 e. The number of guanidine groups is 1. The lowest BCUT2D eigenvalue weighted by Gasteiger charge is -2.33. The first-order valence-corrected chi connectivity index (χ1v) is 10.7. The van der Waals surface area contributed by atoms with E-state index in [9.17, 15) is 0 Å². The van der Waals surface area contributed by atoms with Gasteiger partial charge in [-0.3, -0.25) is 9.89 Å². The lowest BCUT2D eigenvalue weighted by molar-refractivity contribution is 0.0124. The Kier molecular flexibility index (Phi) is 9.27. The minimum absolute atomic E-state index is 0.156. The smallest absolute Gasteiger partial charge is 0.191 e. The predicted octanol–water partition coefficient (Wildman–Crippen LogP) is 1.57. The standard InChI is InChI=1S/C21H36N4O4/c1-17-4-5-20(29-17)19(25-8-12-26-13-9-25)14-24-21(22-2)23-7-3-10-27-15-18-6-11-28-16-18/h4-5,18-19H,3,6-16H2,1-2H3,(H2,22,23,24). The number of furan rings is 1. The van der Waals surface area contributed by atoms with Gasteiger partial charge >= 0.3 is 0 Å². The molecule has 0 amide bonds. The Morgan fingerprint density at radius 1 is 1.24 bits per heavy atom. The van der Waals surface area contributed by atoms with Crippen LogP contribution >= 0.6 is 0 Å². The molecule has 2 N–H and O–H groups in total. The van der Waals surface area contributed by atoms with Crippen LogP contribution in [0.3, 0.4) is 0 Å².